The first-order chi connectivity index (χ1) is 6.68. The van der Waals surface area contributed by atoms with Crippen molar-refractivity contribution in [3.8, 4) is 0 Å². The molecule has 82 valence electrons. The van der Waals surface area contributed by atoms with Gasteiger partial charge in [0.05, 0.1) is 11.9 Å². The van der Waals surface area contributed by atoms with Crippen LogP contribution < -0.4 is 0 Å². The summed E-state index contributed by atoms with van der Waals surface area (Å²) in [5, 5.41) is 0. The smallest absolute Gasteiger partial charge is 0.216 e. The average Bonchev–Trinajstić information content (AvgIpc) is 2.71. The summed E-state index contributed by atoms with van der Waals surface area (Å²) in [6.45, 7) is 2.13. The normalized spacial score (nSPS) is 29.9. The maximum Gasteiger partial charge on any atom is 0.216 e. The minimum absolute atomic E-state index is 0.0550. The van der Waals surface area contributed by atoms with Crippen LogP contribution >= 0.6 is 0 Å². The standard InChI is InChI=1S/C9H17NO3S/c11-14(12,10-5-1-2-6-10)8-9-4-3-7-13-9/h9H,1-8H2. The van der Waals surface area contributed by atoms with E-state index in [9.17, 15) is 8.42 Å². The maximum atomic E-state index is 11.8. The van der Waals surface area contributed by atoms with Crippen LogP contribution in [0.4, 0.5) is 0 Å². The third kappa shape index (κ3) is 2.27. The van der Waals surface area contributed by atoms with Gasteiger partial charge in [0.15, 0.2) is 0 Å². The Labute approximate surface area is 85.3 Å². The Kier molecular flexibility index (Phi) is 3.09. The molecule has 2 fully saturated rings. The Bertz CT molecular complexity index is 276. The van der Waals surface area contributed by atoms with Gasteiger partial charge in [-0.15, -0.1) is 0 Å². The van der Waals surface area contributed by atoms with Crippen molar-refractivity contribution >= 4 is 10.0 Å². The van der Waals surface area contributed by atoms with E-state index in [2.05, 4.69) is 0 Å². The van der Waals surface area contributed by atoms with Crippen molar-refractivity contribution in [1.29, 1.82) is 0 Å². The first kappa shape index (κ1) is 10.4. The quantitative estimate of drug-likeness (QED) is 0.698. The topological polar surface area (TPSA) is 46.6 Å². The van der Waals surface area contributed by atoms with Crippen molar-refractivity contribution in [3.63, 3.8) is 0 Å². The summed E-state index contributed by atoms with van der Waals surface area (Å²) >= 11 is 0. The Morgan fingerprint density at radius 1 is 1.21 bits per heavy atom. The molecular formula is C9H17NO3S. The van der Waals surface area contributed by atoms with Crippen LogP contribution in [-0.2, 0) is 14.8 Å². The zero-order chi connectivity index (χ0) is 10.0. The molecule has 2 aliphatic rings. The molecule has 2 rings (SSSR count). The summed E-state index contributed by atoms with van der Waals surface area (Å²) in [6, 6.07) is 0. The lowest BCUT2D eigenvalue weighted by Crippen LogP contribution is -2.34. The van der Waals surface area contributed by atoms with Gasteiger partial charge in [-0.05, 0) is 25.7 Å². The van der Waals surface area contributed by atoms with E-state index in [1.54, 1.807) is 4.31 Å². The van der Waals surface area contributed by atoms with Crippen LogP contribution in [0, 0.1) is 0 Å². The summed E-state index contributed by atoms with van der Waals surface area (Å²) in [5.41, 5.74) is 0. The molecule has 0 spiro atoms. The molecule has 0 aromatic carbocycles. The molecule has 0 aromatic rings. The Morgan fingerprint density at radius 2 is 1.93 bits per heavy atom. The molecule has 0 N–H and O–H groups in total. The highest BCUT2D eigenvalue weighted by Gasteiger charge is 2.30. The molecule has 2 saturated heterocycles. The zero-order valence-corrected chi connectivity index (χ0v) is 9.13. The van der Waals surface area contributed by atoms with Gasteiger partial charge in [-0.25, -0.2) is 12.7 Å². The number of sulfonamides is 1. The summed E-state index contributed by atoms with van der Waals surface area (Å²) in [5.74, 6) is 0.188. The van der Waals surface area contributed by atoms with E-state index in [4.69, 9.17) is 4.74 Å². The SMILES string of the molecule is O=S(=O)(CC1CCCO1)N1CCCC1. The molecule has 0 amide bonds. The van der Waals surface area contributed by atoms with Crippen molar-refractivity contribution in [2.24, 2.45) is 0 Å². The second-order valence-corrected chi connectivity index (χ2v) is 6.03. The van der Waals surface area contributed by atoms with E-state index >= 15 is 0 Å². The second kappa shape index (κ2) is 4.16. The van der Waals surface area contributed by atoms with Gasteiger partial charge >= 0.3 is 0 Å². The van der Waals surface area contributed by atoms with Crippen molar-refractivity contribution in [2.75, 3.05) is 25.4 Å². The monoisotopic (exact) mass is 219 g/mol. The van der Waals surface area contributed by atoms with Crippen LogP contribution in [0.25, 0.3) is 0 Å². The molecule has 0 aromatic heterocycles. The highest BCUT2D eigenvalue weighted by atomic mass is 32.2. The Balaban J connectivity index is 1.93. The highest BCUT2D eigenvalue weighted by Crippen LogP contribution is 2.19. The molecular weight excluding hydrogens is 202 g/mol. The lowest BCUT2D eigenvalue weighted by Gasteiger charge is -2.17. The van der Waals surface area contributed by atoms with Crippen molar-refractivity contribution in [3.05, 3.63) is 0 Å². The predicted octanol–water partition coefficient (Wildman–Crippen LogP) is 0.591. The summed E-state index contributed by atoms with van der Waals surface area (Å²) in [4.78, 5) is 0. The third-order valence-corrected chi connectivity index (χ3v) is 4.82. The van der Waals surface area contributed by atoms with Crippen LogP contribution in [0.3, 0.4) is 0 Å². The van der Waals surface area contributed by atoms with Crippen LogP contribution in [0.5, 0.6) is 0 Å². The van der Waals surface area contributed by atoms with Gasteiger partial charge in [0.25, 0.3) is 0 Å². The summed E-state index contributed by atoms with van der Waals surface area (Å²) < 4.78 is 30.6. The van der Waals surface area contributed by atoms with Crippen molar-refractivity contribution in [2.45, 2.75) is 31.8 Å². The van der Waals surface area contributed by atoms with E-state index in [0.29, 0.717) is 13.1 Å². The fourth-order valence-corrected chi connectivity index (χ4v) is 3.84. The van der Waals surface area contributed by atoms with E-state index in [0.717, 1.165) is 32.3 Å². The van der Waals surface area contributed by atoms with Gasteiger partial charge in [-0.1, -0.05) is 0 Å². The molecule has 4 nitrogen and oxygen atoms in total. The van der Waals surface area contributed by atoms with Gasteiger partial charge in [-0.2, -0.15) is 0 Å². The van der Waals surface area contributed by atoms with Gasteiger partial charge in [0, 0.05) is 19.7 Å². The minimum Gasteiger partial charge on any atom is -0.377 e. The average molecular weight is 219 g/mol. The van der Waals surface area contributed by atoms with E-state index in [-0.39, 0.29) is 11.9 Å². The fraction of sp³-hybridized carbons (Fsp3) is 1.00. The molecule has 5 heteroatoms. The Morgan fingerprint density at radius 3 is 2.50 bits per heavy atom. The van der Waals surface area contributed by atoms with E-state index in [1.807, 2.05) is 0 Å². The van der Waals surface area contributed by atoms with E-state index in [1.165, 1.54) is 0 Å². The van der Waals surface area contributed by atoms with Crippen LogP contribution in [0.1, 0.15) is 25.7 Å². The van der Waals surface area contributed by atoms with Crippen LogP contribution in [0.2, 0.25) is 0 Å². The fourth-order valence-electron chi connectivity index (χ4n) is 2.08. The van der Waals surface area contributed by atoms with Crippen LogP contribution in [0.15, 0.2) is 0 Å². The number of hydrogen-bond donors (Lipinski definition) is 0. The number of rotatable bonds is 3. The number of hydrogen-bond acceptors (Lipinski definition) is 3. The lowest BCUT2D eigenvalue weighted by molar-refractivity contribution is 0.126. The largest absolute Gasteiger partial charge is 0.377 e. The molecule has 2 aliphatic heterocycles. The lowest BCUT2D eigenvalue weighted by atomic mass is 10.3. The molecule has 0 aliphatic carbocycles. The van der Waals surface area contributed by atoms with Gasteiger partial charge in [0.1, 0.15) is 0 Å². The van der Waals surface area contributed by atoms with Gasteiger partial charge in [-0.3, -0.25) is 0 Å². The molecule has 0 radical (unpaired) electrons. The first-order valence-electron chi connectivity index (χ1n) is 5.28. The minimum atomic E-state index is -3.04. The Hall–Kier alpha value is -0.130. The van der Waals surface area contributed by atoms with Crippen molar-refractivity contribution < 1.29 is 13.2 Å². The first-order valence-corrected chi connectivity index (χ1v) is 6.89. The third-order valence-electron chi connectivity index (χ3n) is 2.88. The number of ether oxygens (including phenoxy) is 1. The predicted molar refractivity (Wildman–Crippen MR) is 53.6 cm³/mol. The molecule has 1 unspecified atom stereocenters. The van der Waals surface area contributed by atoms with Crippen molar-refractivity contribution in [1.82, 2.24) is 4.31 Å². The summed E-state index contributed by atoms with van der Waals surface area (Å²) in [6.07, 6.45) is 3.85. The van der Waals surface area contributed by atoms with Gasteiger partial charge in [0.2, 0.25) is 10.0 Å². The molecule has 14 heavy (non-hydrogen) atoms. The number of nitrogens with zero attached hydrogens (tertiary/aromatic N) is 1. The van der Waals surface area contributed by atoms with Crippen LogP contribution in [-0.4, -0.2) is 44.3 Å². The second-order valence-electron chi connectivity index (χ2n) is 4.02. The molecule has 0 saturated carbocycles. The zero-order valence-electron chi connectivity index (χ0n) is 8.31. The highest BCUT2D eigenvalue weighted by molar-refractivity contribution is 7.89. The van der Waals surface area contributed by atoms with E-state index < -0.39 is 10.0 Å². The van der Waals surface area contributed by atoms with Gasteiger partial charge < -0.3 is 4.74 Å². The summed E-state index contributed by atoms with van der Waals surface area (Å²) in [7, 11) is -3.04. The molecule has 2 heterocycles. The molecule has 0 bridgehead atoms. The molecule has 1 atom stereocenters. The maximum absolute atomic E-state index is 11.8.